The molecule has 5 heteroatoms. The lowest BCUT2D eigenvalue weighted by molar-refractivity contribution is -0.123. The summed E-state index contributed by atoms with van der Waals surface area (Å²) >= 11 is 0. The molecular formula is C17H31N3O2. The van der Waals surface area contributed by atoms with Crippen LogP contribution in [0.4, 0.5) is 0 Å². The van der Waals surface area contributed by atoms with Crippen molar-refractivity contribution in [2.24, 2.45) is 11.3 Å². The highest BCUT2D eigenvalue weighted by Crippen LogP contribution is 2.45. The van der Waals surface area contributed by atoms with E-state index in [0.29, 0.717) is 17.8 Å². The van der Waals surface area contributed by atoms with Gasteiger partial charge in [0.15, 0.2) is 0 Å². The lowest BCUT2D eigenvalue weighted by Gasteiger charge is -2.35. The maximum Gasteiger partial charge on any atom is 0.220 e. The highest BCUT2D eigenvalue weighted by Gasteiger charge is 2.44. The van der Waals surface area contributed by atoms with E-state index in [-0.39, 0.29) is 5.91 Å². The Labute approximate surface area is 134 Å². The Kier molecular flexibility index (Phi) is 5.37. The Bertz CT molecular complexity index is 370. The van der Waals surface area contributed by atoms with Crippen LogP contribution in [0.2, 0.25) is 0 Å². The van der Waals surface area contributed by atoms with Crippen LogP contribution in [0.25, 0.3) is 0 Å². The molecule has 1 aliphatic carbocycles. The largest absolute Gasteiger partial charge is 0.381 e. The number of ether oxygens (including phenoxy) is 1. The third-order valence-corrected chi connectivity index (χ3v) is 5.50. The van der Waals surface area contributed by atoms with Crippen LogP contribution in [-0.2, 0) is 9.53 Å². The molecule has 2 heterocycles. The minimum atomic E-state index is 0.222. The van der Waals surface area contributed by atoms with E-state index >= 15 is 0 Å². The van der Waals surface area contributed by atoms with Crippen LogP contribution < -0.4 is 5.32 Å². The van der Waals surface area contributed by atoms with Gasteiger partial charge in [0.2, 0.25) is 5.91 Å². The molecule has 0 aromatic carbocycles. The number of carbonyl (C=O) groups excluding carboxylic acids is 1. The summed E-state index contributed by atoms with van der Waals surface area (Å²) in [4.78, 5) is 17.1. The summed E-state index contributed by atoms with van der Waals surface area (Å²) < 4.78 is 5.46. The van der Waals surface area contributed by atoms with Crippen molar-refractivity contribution < 1.29 is 9.53 Å². The third kappa shape index (κ3) is 4.67. The van der Waals surface area contributed by atoms with Crippen molar-refractivity contribution in [1.82, 2.24) is 15.1 Å². The first-order valence-electron chi connectivity index (χ1n) is 8.91. The molecule has 3 rings (SSSR count). The van der Waals surface area contributed by atoms with E-state index in [9.17, 15) is 4.79 Å². The first-order chi connectivity index (χ1) is 10.7. The number of likely N-dealkylation sites (N-methyl/N-ethyl adjacent to an activating group) is 1. The molecule has 1 atom stereocenters. The van der Waals surface area contributed by atoms with E-state index in [1.54, 1.807) is 0 Å². The molecule has 0 aromatic rings. The summed E-state index contributed by atoms with van der Waals surface area (Å²) in [5.74, 6) is 0.654. The highest BCUT2D eigenvalue weighted by molar-refractivity contribution is 5.76. The average Bonchev–Trinajstić information content (AvgIpc) is 3.29. The minimum absolute atomic E-state index is 0.222. The van der Waals surface area contributed by atoms with Crippen molar-refractivity contribution in [3.63, 3.8) is 0 Å². The van der Waals surface area contributed by atoms with Gasteiger partial charge in [0.1, 0.15) is 0 Å². The first kappa shape index (κ1) is 16.2. The quantitative estimate of drug-likeness (QED) is 0.793. The zero-order valence-corrected chi connectivity index (χ0v) is 14.0. The monoisotopic (exact) mass is 309 g/mol. The number of piperazine rings is 1. The molecule has 126 valence electrons. The lowest BCUT2D eigenvalue weighted by Crippen LogP contribution is -2.48. The number of hydrogen-bond acceptors (Lipinski definition) is 4. The lowest BCUT2D eigenvalue weighted by atomic mass is 9.98. The molecule has 1 amide bonds. The van der Waals surface area contributed by atoms with Crippen LogP contribution in [0.5, 0.6) is 0 Å². The van der Waals surface area contributed by atoms with Gasteiger partial charge in [-0.3, -0.25) is 4.79 Å². The molecule has 22 heavy (non-hydrogen) atoms. The van der Waals surface area contributed by atoms with Crippen molar-refractivity contribution in [3.05, 3.63) is 0 Å². The maximum absolute atomic E-state index is 12.1. The maximum atomic E-state index is 12.1. The molecule has 2 aliphatic heterocycles. The fourth-order valence-electron chi connectivity index (χ4n) is 3.64. The van der Waals surface area contributed by atoms with Gasteiger partial charge in [-0.2, -0.15) is 0 Å². The molecule has 1 unspecified atom stereocenters. The summed E-state index contributed by atoms with van der Waals surface area (Å²) in [5, 5.41) is 3.20. The number of nitrogens with zero attached hydrogens (tertiary/aromatic N) is 2. The van der Waals surface area contributed by atoms with Crippen molar-refractivity contribution >= 4 is 5.91 Å². The first-order valence-corrected chi connectivity index (χ1v) is 8.91. The molecule has 3 fully saturated rings. The zero-order chi connectivity index (χ0) is 15.4. The summed E-state index contributed by atoms with van der Waals surface area (Å²) in [7, 11) is 2.19. The Morgan fingerprint density at radius 2 is 2.05 bits per heavy atom. The third-order valence-electron chi connectivity index (χ3n) is 5.50. The molecule has 0 aromatic heterocycles. The van der Waals surface area contributed by atoms with Gasteiger partial charge in [-0.25, -0.2) is 0 Å². The smallest absolute Gasteiger partial charge is 0.220 e. The Hall–Kier alpha value is -0.650. The fourth-order valence-corrected chi connectivity index (χ4v) is 3.64. The number of nitrogens with one attached hydrogen (secondary N) is 1. The van der Waals surface area contributed by atoms with Crippen LogP contribution in [0.15, 0.2) is 0 Å². The normalized spacial score (nSPS) is 29.2. The van der Waals surface area contributed by atoms with Crippen LogP contribution >= 0.6 is 0 Å². The van der Waals surface area contributed by atoms with Gasteiger partial charge in [-0.05, 0) is 38.6 Å². The van der Waals surface area contributed by atoms with Crippen LogP contribution in [-0.4, -0.2) is 75.2 Å². The summed E-state index contributed by atoms with van der Waals surface area (Å²) in [6, 6.07) is 0. The van der Waals surface area contributed by atoms with Gasteiger partial charge in [-0.15, -0.1) is 0 Å². The Balaban J connectivity index is 1.36. The van der Waals surface area contributed by atoms with E-state index in [4.69, 9.17) is 4.74 Å². The molecule has 1 N–H and O–H groups in total. The molecule has 2 saturated heterocycles. The average molecular weight is 309 g/mol. The topological polar surface area (TPSA) is 44.8 Å². The van der Waals surface area contributed by atoms with E-state index in [1.165, 1.54) is 39.0 Å². The molecule has 1 saturated carbocycles. The summed E-state index contributed by atoms with van der Waals surface area (Å²) in [5.41, 5.74) is 0.370. The van der Waals surface area contributed by atoms with Crippen molar-refractivity contribution in [3.8, 4) is 0 Å². The predicted molar refractivity (Wildman–Crippen MR) is 86.8 cm³/mol. The van der Waals surface area contributed by atoms with E-state index in [1.807, 2.05) is 0 Å². The van der Waals surface area contributed by atoms with Gasteiger partial charge in [0.25, 0.3) is 0 Å². The van der Waals surface area contributed by atoms with Gasteiger partial charge in [-0.1, -0.05) is 0 Å². The van der Waals surface area contributed by atoms with E-state index in [2.05, 4.69) is 22.2 Å². The van der Waals surface area contributed by atoms with Crippen molar-refractivity contribution in [2.75, 3.05) is 59.5 Å². The second kappa shape index (κ2) is 7.28. The minimum Gasteiger partial charge on any atom is -0.381 e. The number of amides is 1. The van der Waals surface area contributed by atoms with Gasteiger partial charge in [0, 0.05) is 64.3 Å². The molecule has 0 bridgehead atoms. The van der Waals surface area contributed by atoms with E-state index in [0.717, 1.165) is 39.1 Å². The summed E-state index contributed by atoms with van der Waals surface area (Å²) in [6.45, 7) is 8.34. The van der Waals surface area contributed by atoms with Gasteiger partial charge < -0.3 is 19.9 Å². The zero-order valence-electron chi connectivity index (χ0n) is 14.0. The number of hydrogen-bond donors (Lipinski definition) is 1. The van der Waals surface area contributed by atoms with E-state index < -0.39 is 0 Å². The molecule has 0 radical (unpaired) electrons. The molecule has 0 spiro atoms. The second-order valence-electron chi connectivity index (χ2n) is 7.64. The predicted octanol–water partition coefficient (Wildman–Crippen LogP) is 0.947. The number of rotatable bonds is 6. The SMILES string of the molecule is CN1CCN(CC2(CNC(=O)CC3CCCOC3)CC2)CC1. The molecule has 5 nitrogen and oxygen atoms in total. The Morgan fingerprint density at radius 3 is 2.68 bits per heavy atom. The standard InChI is InChI=1S/C17H31N3O2/c1-19-6-8-20(9-7-19)14-17(4-5-17)13-18-16(21)11-15-3-2-10-22-12-15/h15H,2-14H2,1H3,(H,18,21). The second-order valence-corrected chi connectivity index (χ2v) is 7.64. The van der Waals surface area contributed by atoms with Crippen LogP contribution in [0.1, 0.15) is 32.1 Å². The number of carbonyl (C=O) groups is 1. The van der Waals surface area contributed by atoms with Gasteiger partial charge >= 0.3 is 0 Å². The molecule has 3 aliphatic rings. The highest BCUT2D eigenvalue weighted by atomic mass is 16.5. The Morgan fingerprint density at radius 1 is 1.27 bits per heavy atom. The van der Waals surface area contributed by atoms with Crippen LogP contribution in [0.3, 0.4) is 0 Å². The van der Waals surface area contributed by atoms with Crippen molar-refractivity contribution in [1.29, 1.82) is 0 Å². The van der Waals surface area contributed by atoms with Gasteiger partial charge in [0.05, 0.1) is 0 Å². The fraction of sp³-hybridized carbons (Fsp3) is 0.941. The van der Waals surface area contributed by atoms with Crippen LogP contribution in [0, 0.1) is 11.3 Å². The summed E-state index contributed by atoms with van der Waals surface area (Å²) in [6.07, 6.45) is 5.42. The van der Waals surface area contributed by atoms with Crippen molar-refractivity contribution in [2.45, 2.75) is 32.1 Å². The molecular weight excluding hydrogens is 278 g/mol.